The molecule has 3 heterocycles. The largest absolute Gasteiger partial charge is 0.339 e. The highest BCUT2D eigenvalue weighted by Gasteiger charge is 2.62. The molecular weight excluding hydrogens is 789 g/mol. The smallest absolute Gasteiger partial charge is 0.275 e. The molecule has 7 rings (SSSR count). The van der Waals surface area contributed by atoms with Gasteiger partial charge >= 0.3 is 0 Å². The monoisotopic (exact) mass is 832 g/mol. The Morgan fingerprint density at radius 2 is 1.61 bits per heavy atom. The second-order valence-electron chi connectivity index (χ2n) is 15.8. The molecular formula is C40H44N6O8S3. The van der Waals surface area contributed by atoms with E-state index in [0.29, 0.717) is 29.5 Å². The van der Waals surface area contributed by atoms with Crippen molar-refractivity contribution < 1.29 is 31.2 Å². The number of hydrogen-bond donors (Lipinski definition) is 3. The van der Waals surface area contributed by atoms with Gasteiger partial charge in [0.25, 0.3) is 21.5 Å². The van der Waals surface area contributed by atoms with Crippen LogP contribution in [0.4, 0.5) is 0 Å². The van der Waals surface area contributed by atoms with Gasteiger partial charge in [-0.15, -0.1) is 17.9 Å². The standard InChI is InChI=1S/C40H44N6O8S3/c1-5-27-22-40(27,38(50)44-56(51,52)29-18-19-29)42-35(47)31-21-28(24-45(31)37(49)34(39(2,3)4)43-57(53,54)32-17-12-20-55-32)46-36(48)33(26-15-10-7-11-16-26)30(23-41-46)25-13-8-6-9-14-25/h5-17,20,23,27-29,31,34,43H,1,18-19,21-22,24H2,2-4H3,(H,42,47)(H,44,50)/t27-,28-,31+,34-,40-/m1/s1. The Morgan fingerprint density at radius 3 is 2.18 bits per heavy atom. The zero-order valence-corrected chi connectivity index (χ0v) is 34.1. The number of rotatable bonds is 13. The van der Waals surface area contributed by atoms with Crippen LogP contribution >= 0.6 is 11.3 Å². The van der Waals surface area contributed by atoms with E-state index < -0.39 is 83.6 Å². The Morgan fingerprint density at radius 1 is 0.965 bits per heavy atom. The molecule has 5 atom stereocenters. The molecule has 2 aromatic carbocycles. The van der Waals surface area contributed by atoms with Crippen molar-refractivity contribution in [2.75, 3.05) is 6.54 Å². The van der Waals surface area contributed by atoms with E-state index in [9.17, 15) is 36.0 Å². The lowest BCUT2D eigenvalue weighted by atomic mass is 9.86. The highest BCUT2D eigenvalue weighted by Crippen LogP contribution is 2.46. The molecule has 0 radical (unpaired) electrons. The molecule has 57 heavy (non-hydrogen) atoms. The Bertz CT molecular complexity index is 2480. The number of amides is 3. The Kier molecular flexibility index (Phi) is 10.6. The van der Waals surface area contributed by atoms with E-state index in [1.54, 1.807) is 50.5 Å². The minimum absolute atomic E-state index is 0.000791. The minimum atomic E-state index is -4.18. The summed E-state index contributed by atoms with van der Waals surface area (Å²) in [5.74, 6) is -3.01. The predicted molar refractivity (Wildman–Crippen MR) is 216 cm³/mol. The van der Waals surface area contributed by atoms with E-state index >= 15 is 0 Å². The number of nitrogens with zero attached hydrogens (tertiary/aromatic N) is 3. The fraction of sp³-hybridized carbons (Fsp3) is 0.375. The Hall–Kier alpha value is -4.97. The van der Waals surface area contributed by atoms with Crippen molar-refractivity contribution in [2.45, 2.75) is 79.6 Å². The molecule has 300 valence electrons. The second-order valence-corrected chi connectivity index (χ2v) is 20.7. The number of aromatic nitrogens is 2. The van der Waals surface area contributed by atoms with Crippen molar-refractivity contribution >= 4 is 49.1 Å². The fourth-order valence-corrected chi connectivity index (χ4v) is 11.1. The van der Waals surface area contributed by atoms with E-state index in [0.717, 1.165) is 16.9 Å². The summed E-state index contributed by atoms with van der Waals surface area (Å²) in [5.41, 5.74) is -0.793. The molecule has 2 saturated carbocycles. The van der Waals surface area contributed by atoms with E-state index in [1.807, 2.05) is 48.5 Å². The molecule has 4 aromatic rings. The second kappa shape index (κ2) is 15.1. The van der Waals surface area contributed by atoms with Crippen molar-refractivity contribution in [3.05, 3.63) is 107 Å². The first kappa shape index (κ1) is 40.2. The van der Waals surface area contributed by atoms with Crippen LogP contribution in [-0.2, 0) is 34.4 Å². The summed E-state index contributed by atoms with van der Waals surface area (Å²) in [6, 6.07) is 17.8. The summed E-state index contributed by atoms with van der Waals surface area (Å²) in [6.07, 6.45) is 3.82. The SMILES string of the molecule is C=C[C@@H]1C[C@]1(NC(=O)[C@@H]1C[C@@H](n2ncc(-c3ccccc3)c(-c3ccccc3)c2=O)CN1C(=O)[C@@H](NS(=O)(=O)c1cccs1)C(C)(C)C)C(=O)NS(=O)(=O)C1CC1. The summed E-state index contributed by atoms with van der Waals surface area (Å²) in [6.45, 7) is 8.62. The highest BCUT2D eigenvalue weighted by atomic mass is 32.2. The van der Waals surface area contributed by atoms with E-state index in [2.05, 4.69) is 26.4 Å². The molecule has 1 aliphatic heterocycles. The zero-order valence-electron chi connectivity index (χ0n) is 31.6. The molecule has 3 N–H and O–H groups in total. The third-order valence-electron chi connectivity index (χ3n) is 10.8. The average molecular weight is 833 g/mol. The first-order valence-electron chi connectivity index (χ1n) is 18.6. The van der Waals surface area contributed by atoms with E-state index in [4.69, 9.17) is 0 Å². The van der Waals surface area contributed by atoms with Gasteiger partial charge in [0.05, 0.1) is 23.1 Å². The first-order valence-corrected chi connectivity index (χ1v) is 22.5. The van der Waals surface area contributed by atoms with Gasteiger partial charge in [0.2, 0.25) is 21.8 Å². The van der Waals surface area contributed by atoms with Crippen molar-refractivity contribution in [2.24, 2.45) is 11.3 Å². The molecule has 1 saturated heterocycles. The number of likely N-dealkylation sites (tertiary alicyclic amines) is 1. The quantitative estimate of drug-likeness (QED) is 0.168. The van der Waals surface area contributed by atoms with Crippen LogP contribution in [0.3, 0.4) is 0 Å². The molecule has 0 bridgehead atoms. The number of carbonyl (C=O) groups excluding carboxylic acids is 3. The minimum Gasteiger partial charge on any atom is -0.339 e. The molecule has 3 amide bonds. The molecule has 0 spiro atoms. The predicted octanol–water partition coefficient (Wildman–Crippen LogP) is 3.84. The first-order chi connectivity index (χ1) is 27.0. The summed E-state index contributed by atoms with van der Waals surface area (Å²) < 4.78 is 58.6. The third kappa shape index (κ3) is 7.97. The summed E-state index contributed by atoms with van der Waals surface area (Å²) in [5, 5.41) is 8.24. The zero-order chi connectivity index (χ0) is 40.9. The molecule has 14 nitrogen and oxygen atoms in total. The molecule has 17 heteroatoms. The van der Waals surface area contributed by atoms with Crippen molar-refractivity contribution in [3.63, 3.8) is 0 Å². The van der Waals surface area contributed by atoms with Gasteiger partial charge in [0, 0.05) is 24.4 Å². The van der Waals surface area contributed by atoms with Gasteiger partial charge in [-0.1, -0.05) is 93.6 Å². The van der Waals surface area contributed by atoms with Crippen LogP contribution in [0.15, 0.2) is 106 Å². The Balaban J connectivity index is 1.28. The highest BCUT2D eigenvalue weighted by molar-refractivity contribution is 7.91. The number of sulfonamides is 2. The van der Waals surface area contributed by atoms with Crippen molar-refractivity contribution in [3.8, 4) is 22.3 Å². The molecule has 3 aliphatic rings. The van der Waals surface area contributed by atoms with E-state index in [1.165, 1.54) is 21.7 Å². The van der Waals surface area contributed by atoms with Gasteiger partial charge in [0.1, 0.15) is 21.8 Å². The van der Waals surface area contributed by atoms with Crippen molar-refractivity contribution in [1.82, 2.24) is 29.4 Å². The third-order valence-corrected chi connectivity index (χ3v) is 15.4. The van der Waals surface area contributed by atoms with Gasteiger partial charge < -0.3 is 10.2 Å². The van der Waals surface area contributed by atoms with Crippen LogP contribution in [0.1, 0.15) is 52.5 Å². The molecule has 2 aliphatic carbocycles. The van der Waals surface area contributed by atoms with Gasteiger partial charge in [-0.2, -0.15) is 9.82 Å². The van der Waals surface area contributed by atoms with Crippen LogP contribution in [-0.4, -0.2) is 78.7 Å². The lowest BCUT2D eigenvalue weighted by Crippen LogP contribution is -2.60. The number of thiophene rings is 1. The molecule has 0 unspecified atom stereocenters. The number of benzene rings is 2. The summed E-state index contributed by atoms with van der Waals surface area (Å²) in [4.78, 5) is 58.7. The maximum atomic E-state index is 14.8. The topological polar surface area (TPSA) is 194 Å². The van der Waals surface area contributed by atoms with Crippen molar-refractivity contribution in [1.29, 1.82) is 0 Å². The molecule has 2 aromatic heterocycles. The van der Waals surface area contributed by atoms with Crippen LogP contribution < -0.4 is 20.3 Å². The Labute approximate surface area is 335 Å². The molecule has 3 fully saturated rings. The lowest BCUT2D eigenvalue weighted by molar-refractivity contribution is -0.142. The number of nitrogens with one attached hydrogen (secondary N) is 3. The van der Waals surface area contributed by atoms with Crippen LogP contribution in [0.2, 0.25) is 0 Å². The lowest BCUT2D eigenvalue weighted by Gasteiger charge is -2.35. The average Bonchev–Trinajstić information content (AvgIpc) is 4.04. The van der Waals surface area contributed by atoms with Gasteiger partial charge in [-0.3, -0.25) is 23.9 Å². The normalized spacial score (nSPS) is 22.7. The van der Waals surface area contributed by atoms with Crippen LogP contribution in [0, 0.1) is 11.3 Å². The van der Waals surface area contributed by atoms with Crippen LogP contribution in [0.5, 0.6) is 0 Å². The summed E-state index contributed by atoms with van der Waals surface area (Å²) in [7, 11) is -8.14. The maximum Gasteiger partial charge on any atom is 0.275 e. The van der Waals surface area contributed by atoms with Gasteiger partial charge in [-0.25, -0.2) is 21.5 Å². The van der Waals surface area contributed by atoms with Gasteiger partial charge in [0.15, 0.2) is 0 Å². The number of carbonyl (C=O) groups is 3. The van der Waals surface area contributed by atoms with Gasteiger partial charge in [-0.05, 0) is 47.3 Å². The fourth-order valence-electron chi connectivity index (χ4n) is 7.34. The maximum absolute atomic E-state index is 14.8. The number of hydrogen-bond acceptors (Lipinski definition) is 10. The summed E-state index contributed by atoms with van der Waals surface area (Å²) >= 11 is 0.983. The van der Waals surface area contributed by atoms with Crippen LogP contribution in [0.25, 0.3) is 22.3 Å². The van der Waals surface area contributed by atoms with E-state index in [-0.39, 0.29) is 23.6 Å².